The van der Waals surface area contributed by atoms with Crippen LogP contribution in [0.15, 0.2) is 54.6 Å². The van der Waals surface area contributed by atoms with Gasteiger partial charge in [0, 0.05) is 10.9 Å². The van der Waals surface area contributed by atoms with Crippen LogP contribution in [0, 0.1) is 13.8 Å². The molecule has 18 heavy (non-hydrogen) atoms. The van der Waals surface area contributed by atoms with Gasteiger partial charge in [-0.2, -0.15) is 0 Å². The van der Waals surface area contributed by atoms with E-state index in [0.29, 0.717) is 0 Å². The predicted molar refractivity (Wildman–Crippen MR) is 76.7 cm³/mol. The Morgan fingerprint density at radius 3 is 2.33 bits per heavy atom. The van der Waals surface area contributed by atoms with Crippen molar-refractivity contribution in [1.29, 1.82) is 0 Å². The van der Waals surface area contributed by atoms with Crippen LogP contribution in [0.25, 0.3) is 22.2 Å². The molecule has 3 aromatic rings. The lowest BCUT2D eigenvalue weighted by atomic mass is 10.1. The summed E-state index contributed by atoms with van der Waals surface area (Å²) in [4.78, 5) is 4.77. The van der Waals surface area contributed by atoms with Crippen LogP contribution >= 0.6 is 0 Å². The Morgan fingerprint density at radius 2 is 1.56 bits per heavy atom. The van der Waals surface area contributed by atoms with Crippen LogP contribution in [0.1, 0.15) is 11.1 Å². The molecule has 0 amide bonds. The fourth-order valence-corrected chi connectivity index (χ4v) is 2.18. The zero-order valence-corrected chi connectivity index (χ0v) is 10.6. The number of hydrogen-bond donors (Lipinski definition) is 0. The number of benzene rings is 2. The van der Waals surface area contributed by atoms with Crippen molar-refractivity contribution in [3.05, 3.63) is 65.7 Å². The van der Waals surface area contributed by atoms with Gasteiger partial charge in [0.2, 0.25) is 0 Å². The number of aryl methyl sites for hydroxylation is 2. The number of hydrogen-bond acceptors (Lipinski definition) is 1. The summed E-state index contributed by atoms with van der Waals surface area (Å²) in [7, 11) is 0. The molecule has 0 spiro atoms. The van der Waals surface area contributed by atoms with Crippen molar-refractivity contribution in [2.75, 3.05) is 0 Å². The van der Waals surface area contributed by atoms with Gasteiger partial charge in [-0.1, -0.05) is 54.1 Å². The molecule has 0 radical (unpaired) electrons. The van der Waals surface area contributed by atoms with Gasteiger partial charge >= 0.3 is 0 Å². The Balaban J connectivity index is 2.18. The van der Waals surface area contributed by atoms with E-state index in [4.69, 9.17) is 4.98 Å². The van der Waals surface area contributed by atoms with Crippen LogP contribution in [0.2, 0.25) is 0 Å². The Hall–Kier alpha value is -2.15. The molecular weight excluding hydrogens is 218 g/mol. The third-order valence-electron chi connectivity index (χ3n) is 3.27. The zero-order valence-electron chi connectivity index (χ0n) is 10.6. The predicted octanol–water partition coefficient (Wildman–Crippen LogP) is 4.52. The number of rotatable bonds is 1. The Morgan fingerprint density at radius 1 is 0.778 bits per heavy atom. The first kappa shape index (κ1) is 11.0. The van der Waals surface area contributed by atoms with Crippen molar-refractivity contribution in [2.45, 2.75) is 13.8 Å². The lowest BCUT2D eigenvalue weighted by Gasteiger charge is -2.05. The van der Waals surface area contributed by atoms with Crippen molar-refractivity contribution >= 4 is 10.9 Å². The average Bonchev–Trinajstić information content (AvgIpc) is 2.40. The lowest BCUT2D eigenvalue weighted by molar-refractivity contribution is 1.35. The molecule has 2 aromatic carbocycles. The van der Waals surface area contributed by atoms with Gasteiger partial charge in [-0.15, -0.1) is 0 Å². The van der Waals surface area contributed by atoms with Crippen LogP contribution in [0.3, 0.4) is 0 Å². The minimum absolute atomic E-state index is 1.04. The second kappa shape index (κ2) is 4.26. The van der Waals surface area contributed by atoms with Gasteiger partial charge in [0.15, 0.2) is 0 Å². The van der Waals surface area contributed by atoms with Gasteiger partial charge in [0.1, 0.15) is 0 Å². The van der Waals surface area contributed by atoms with E-state index >= 15 is 0 Å². The van der Waals surface area contributed by atoms with Crippen LogP contribution in [-0.4, -0.2) is 4.98 Å². The van der Waals surface area contributed by atoms with Crippen molar-refractivity contribution < 1.29 is 0 Å². The summed E-state index contributed by atoms with van der Waals surface area (Å²) < 4.78 is 0. The van der Waals surface area contributed by atoms with E-state index < -0.39 is 0 Å². The smallest absolute Gasteiger partial charge is 0.0738 e. The maximum atomic E-state index is 4.77. The van der Waals surface area contributed by atoms with Gasteiger partial charge < -0.3 is 0 Å². The minimum Gasteiger partial charge on any atom is -0.248 e. The molecule has 88 valence electrons. The zero-order chi connectivity index (χ0) is 12.5. The molecule has 1 nitrogen and oxygen atoms in total. The first-order valence-corrected chi connectivity index (χ1v) is 6.17. The van der Waals surface area contributed by atoms with Gasteiger partial charge in [0.05, 0.1) is 11.2 Å². The Bertz CT molecular complexity index is 696. The number of pyridine rings is 1. The third kappa shape index (κ3) is 1.88. The molecule has 0 saturated heterocycles. The van der Waals surface area contributed by atoms with Gasteiger partial charge in [-0.3, -0.25) is 0 Å². The van der Waals surface area contributed by atoms with Crippen LogP contribution in [0.5, 0.6) is 0 Å². The molecule has 0 unspecified atom stereocenters. The molecule has 3 rings (SSSR count). The van der Waals surface area contributed by atoms with Gasteiger partial charge in [0.25, 0.3) is 0 Å². The quantitative estimate of drug-likeness (QED) is 0.602. The number of fused-ring (bicyclic) bond motifs is 1. The maximum absolute atomic E-state index is 4.77. The minimum atomic E-state index is 1.04. The first-order chi connectivity index (χ1) is 8.74. The molecule has 1 aromatic heterocycles. The fraction of sp³-hybridized carbons (Fsp3) is 0.118. The van der Waals surface area contributed by atoms with E-state index in [1.54, 1.807) is 0 Å². The number of aromatic nitrogens is 1. The van der Waals surface area contributed by atoms with Crippen molar-refractivity contribution in [3.63, 3.8) is 0 Å². The van der Waals surface area contributed by atoms with E-state index in [1.165, 1.54) is 22.1 Å². The molecule has 0 aliphatic rings. The normalized spacial score (nSPS) is 10.8. The molecule has 1 heterocycles. The molecular formula is C17H15N. The van der Waals surface area contributed by atoms with E-state index in [0.717, 1.165) is 11.2 Å². The van der Waals surface area contributed by atoms with Crippen LogP contribution < -0.4 is 0 Å². The summed E-state index contributed by atoms with van der Waals surface area (Å²) in [5.41, 5.74) is 5.80. The highest BCUT2D eigenvalue weighted by atomic mass is 14.7. The molecule has 0 bridgehead atoms. The SMILES string of the molecule is Cc1ccc(-c2ccc3cccc(C)c3n2)cc1. The van der Waals surface area contributed by atoms with Crippen molar-refractivity contribution in [1.82, 2.24) is 4.98 Å². The summed E-state index contributed by atoms with van der Waals surface area (Å²) in [6, 6.07) is 19.0. The van der Waals surface area contributed by atoms with E-state index in [-0.39, 0.29) is 0 Å². The van der Waals surface area contributed by atoms with E-state index in [9.17, 15) is 0 Å². The van der Waals surface area contributed by atoms with Crippen molar-refractivity contribution in [3.8, 4) is 11.3 Å². The maximum Gasteiger partial charge on any atom is 0.0738 e. The second-order valence-corrected chi connectivity index (χ2v) is 4.71. The first-order valence-electron chi connectivity index (χ1n) is 6.17. The monoisotopic (exact) mass is 233 g/mol. The van der Waals surface area contributed by atoms with Gasteiger partial charge in [-0.05, 0) is 25.5 Å². The van der Waals surface area contributed by atoms with Gasteiger partial charge in [-0.25, -0.2) is 4.98 Å². The lowest BCUT2D eigenvalue weighted by Crippen LogP contribution is -1.87. The molecule has 0 aliphatic heterocycles. The molecule has 0 aliphatic carbocycles. The summed E-state index contributed by atoms with van der Waals surface area (Å²) in [6.07, 6.45) is 0. The van der Waals surface area contributed by atoms with Crippen LogP contribution in [0.4, 0.5) is 0 Å². The number of nitrogens with zero attached hydrogens (tertiary/aromatic N) is 1. The highest BCUT2D eigenvalue weighted by Crippen LogP contribution is 2.23. The Labute approximate surface area is 107 Å². The summed E-state index contributed by atoms with van der Waals surface area (Å²) in [6.45, 7) is 4.20. The summed E-state index contributed by atoms with van der Waals surface area (Å²) >= 11 is 0. The Kier molecular flexibility index (Phi) is 2.60. The molecule has 0 saturated carbocycles. The average molecular weight is 233 g/mol. The highest BCUT2D eigenvalue weighted by molar-refractivity contribution is 5.84. The molecule has 0 fully saturated rings. The van der Waals surface area contributed by atoms with Crippen molar-refractivity contribution in [2.24, 2.45) is 0 Å². The topological polar surface area (TPSA) is 12.9 Å². The fourth-order valence-electron chi connectivity index (χ4n) is 2.18. The molecule has 0 atom stereocenters. The standard InChI is InChI=1S/C17H15N/c1-12-6-8-14(9-7-12)16-11-10-15-5-3-4-13(2)17(15)18-16/h3-11H,1-2H3. The largest absolute Gasteiger partial charge is 0.248 e. The second-order valence-electron chi connectivity index (χ2n) is 4.71. The van der Waals surface area contributed by atoms with E-state index in [2.05, 4.69) is 68.4 Å². The molecule has 0 N–H and O–H groups in total. The summed E-state index contributed by atoms with van der Waals surface area (Å²) in [5, 5.41) is 1.20. The van der Waals surface area contributed by atoms with E-state index in [1.807, 2.05) is 0 Å². The number of para-hydroxylation sites is 1. The molecule has 1 heteroatoms. The highest BCUT2D eigenvalue weighted by Gasteiger charge is 2.02. The third-order valence-corrected chi connectivity index (χ3v) is 3.27. The summed E-state index contributed by atoms with van der Waals surface area (Å²) in [5.74, 6) is 0. The van der Waals surface area contributed by atoms with Crippen LogP contribution in [-0.2, 0) is 0 Å².